The number of aromatic nitrogens is 2. The van der Waals surface area contributed by atoms with Crippen LogP contribution < -0.4 is 98.6 Å². The molecule has 15 amide bonds. The number of aromatic amines is 1. The summed E-state index contributed by atoms with van der Waals surface area (Å²) < 4.78 is 0. The Morgan fingerprint density at radius 1 is 0.521 bits per heavy atom. The van der Waals surface area contributed by atoms with Crippen molar-refractivity contribution in [1.29, 1.82) is 0 Å². The van der Waals surface area contributed by atoms with Gasteiger partial charge in [-0.3, -0.25) is 86.9 Å². The van der Waals surface area contributed by atoms with E-state index in [-0.39, 0.29) is 165 Å². The number of likely N-dealkylation sites (tertiary alicyclic amines) is 3. The summed E-state index contributed by atoms with van der Waals surface area (Å²) in [5.74, 6) is -12.9. The largest absolute Gasteiger partial charge is 0.394 e. The average Bonchev–Trinajstić information content (AvgIpc) is 1.74. The molecule has 119 heavy (non-hydrogen) atoms. The third kappa shape index (κ3) is 30.7. The fourth-order valence-corrected chi connectivity index (χ4v) is 15.0. The van der Waals surface area contributed by atoms with Gasteiger partial charge in [-0.15, -0.1) is 0 Å². The van der Waals surface area contributed by atoms with Crippen LogP contribution in [0.3, 0.4) is 0 Å². The van der Waals surface area contributed by atoms with E-state index in [9.17, 15) is 77.0 Å². The Hall–Kier alpha value is -11.1. The van der Waals surface area contributed by atoms with E-state index in [4.69, 9.17) is 40.1 Å². The second-order valence-corrected chi connectivity index (χ2v) is 31.9. The number of nitrogens with zero attached hydrogens (tertiary/aromatic N) is 7. The Kier molecular flexibility index (Phi) is 39.6. The summed E-state index contributed by atoms with van der Waals surface area (Å²) in [5, 5.41) is 40.1. The number of nitrogens with two attached hydrogens (primary N) is 7. The molecule has 0 radical (unpaired) electrons. The number of guanidine groups is 3. The monoisotopic (exact) mass is 1700 g/mol. The second kappa shape index (κ2) is 48.7. The Morgan fingerprint density at radius 3 is 1.44 bits per heavy atom. The van der Waals surface area contributed by atoms with Crippen molar-refractivity contribution < 1.29 is 77.0 Å². The lowest BCUT2D eigenvalue weighted by molar-refractivity contribution is -0.144. The first-order valence-corrected chi connectivity index (χ1v) is 42.1. The van der Waals surface area contributed by atoms with Gasteiger partial charge in [-0.05, 0) is 126 Å². The van der Waals surface area contributed by atoms with E-state index in [2.05, 4.69) is 96.1 Å². The van der Waals surface area contributed by atoms with Gasteiger partial charge < -0.3 is 123 Å². The highest BCUT2D eigenvalue weighted by Crippen LogP contribution is 2.26. The van der Waals surface area contributed by atoms with Crippen LogP contribution in [0.15, 0.2) is 57.8 Å². The van der Waals surface area contributed by atoms with Crippen LogP contribution in [0, 0.1) is 11.8 Å². The molecule has 1 aromatic heterocycles. The van der Waals surface area contributed by atoms with Crippen LogP contribution in [0.1, 0.15) is 142 Å². The minimum atomic E-state index is -1.81. The summed E-state index contributed by atoms with van der Waals surface area (Å²) in [4.78, 5) is 235. The molecule has 658 valence electrons. The molecular weight excluding hydrogens is 1590 g/mol. The van der Waals surface area contributed by atoms with Crippen LogP contribution in [0.2, 0.25) is 0 Å². The van der Waals surface area contributed by atoms with Crippen molar-refractivity contribution in [3.8, 4) is 0 Å². The number of amides is 15. The summed E-state index contributed by atoms with van der Waals surface area (Å²) in [6.07, 6.45) is 6.58. The molecule has 0 saturated carbocycles. The number of thiol groups is 1. The second-order valence-electron chi connectivity index (χ2n) is 30.5. The Balaban J connectivity index is 1.15. The molecule has 4 aliphatic rings. The van der Waals surface area contributed by atoms with E-state index in [1.54, 1.807) is 64.3 Å². The highest BCUT2D eigenvalue weighted by molar-refractivity contribution is 7.98. The van der Waals surface area contributed by atoms with Crippen LogP contribution in [-0.4, -0.2) is 284 Å². The maximum absolute atomic E-state index is 14.8. The SMILES string of the molecule is CSCC[C@H](NC(=O)[C@H](CS)NC(=O)[C@H](CCCN=C(N)N)NC(=O)[C@H](CCCN=C(N)N)NC(=O)[C@H]1CCC(=O)N1)C(=O)N1CCC[C@H]1C(=O)N[C@@H](CC(C)C)C(=O)N[C@@H](Cc1cnc[nH]1)C(=O)N[C@@H](CO)C(=O)N[C@@H](CCCN=C(N)N)C(=O)N[C@H](C(=O)N1CCC[C@H]1C(=O)N[C@@H](Cc1ccccc1)C(=O)N1CCC[C@H]1C(N)=O)C(C)C. The summed E-state index contributed by atoms with van der Waals surface area (Å²) in [7, 11) is 0. The van der Waals surface area contributed by atoms with Crippen molar-refractivity contribution in [3.63, 3.8) is 0 Å². The standard InChI is InChI=1S/C75H120N26O16S2/c1-40(2)33-49(94-68(113)55-21-13-30-100(55)70(115)48(25-32-119-5)92-67(112)53(38-118)97-61(106)45(18-10-27-85-74(79)80)89-60(105)44(17-9-26-84-73(77)78)90-62(107)47-23-24-57(103)88-47)64(109)93-50(35-43-36-83-39-87-43)65(110)96-52(37-102)66(111)91-46(19-11-28-86-75(81)82)63(108)98-58(41(3)4)72(117)101-31-14-22-56(101)69(114)95-51(34-42-15-7-6-8-16-42)71(116)99-29-12-20-54(99)59(76)104/h6-8,15-16,36,39-41,44-56,58,102,118H,9-14,17-35,37-38H2,1-5H3,(H2,76,104)(H,83,87)(H,88,103)(H,89,105)(H,90,107)(H,91,111)(H,92,112)(H,93,109)(H,94,113)(H,95,114)(H,96,110)(H,97,106)(H,98,108)(H4,77,78,84)(H4,79,80,85)(H4,81,82,86)/t44-,45-,46-,47+,48-,49-,50-,51-,52-,53-,54-,55-,56-,58-/m0/s1. The summed E-state index contributed by atoms with van der Waals surface area (Å²) in [6.45, 7) is 6.28. The Bertz CT molecular complexity index is 3900. The van der Waals surface area contributed by atoms with Gasteiger partial charge >= 0.3 is 0 Å². The third-order valence-electron chi connectivity index (χ3n) is 20.5. The fraction of sp³-hybridized carbons (Fsp3) is 0.640. The minimum absolute atomic E-state index is 0.00912. The zero-order valence-electron chi connectivity index (χ0n) is 68.0. The van der Waals surface area contributed by atoms with E-state index in [1.807, 2.05) is 0 Å². The lowest BCUT2D eigenvalue weighted by Gasteiger charge is -2.33. The van der Waals surface area contributed by atoms with E-state index in [1.165, 1.54) is 39.0 Å². The number of hydrogen-bond donors (Lipinski definition) is 21. The quantitative estimate of drug-likeness (QED) is 0.0127. The summed E-state index contributed by atoms with van der Waals surface area (Å²) in [6, 6.07) is -9.18. The number of aliphatic hydroxyl groups is 1. The molecule has 0 bridgehead atoms. The molecule has 14 atom stereocenters. The van der Waals surface area contributed by atoms with Crippen LogP contribution in [-0.2, 0) is 84.8 Å². The number of hydrogen-bond acceptors (Lipinski definition) is 22. The number of thioether (sulfide) groups is 1. The van der Waals surface area contributed by atoms with Crippen LogP contribution in [0.25, 0.3) is 0 Å². The Morgan fingerprint density at radius 2 is 0.958 bits per heavy atom. The average molecular weight is 1710 g/mol. The Labute approximate surface area is 700 Å². The van der Waals surface area contributed by atoms with Crippen molar-refractivity contribution in [2.45, 2.75) is 228 Å². The smallest absolute Gasteiger partial charge is 0.246 e. The van der Waals surface area contributed by atoms with Crippen molar-refractivity contribution >= 4 is 131 Å². The van der Waals surface area contributed by atoms with Crippen molar-refractivity contribution in [2.75, 3.05) is 63.6 Å². The van der Waals surface area contributed by atoms with E-state index < -0.39 is 180 Å². The van der Waals surface area contributed by atoms with Gasteiger partial charge in [0.1, 0.15) is 84.6 Å². The first kappa shape index (κ1) is 96.8. The lowest BCUT2D eigenvalue weighted by atomic mass is 10.0. The van der Waals surface area contributed by atoms with Gasteiger partial charge in [0.25, 0.3) is 0 Å². The lowest BCUT2D eigenvalue weighted by Crippen LogP contribution is -2.62. The van der Waals surface area contributed by atoms with Gasteiger partial charge in [0, 0.05) is 76.2 Å². The van der Waals surface area contributed by atoms with Crippen molar-refractivity contribution in [3.05, 3.63) is 54.1 Å². The van der Waals surface area contributed by atoms with Gasteiger partial charge in [-0.25, -0.2) is 4.98 Å². The first-order valence-electron chi connectivity index (χ1n) is 40.1. The molecule has 5 heterocycles. The van der Waals surface area contributed by atoms with Gasteiger partial charge in [0.2, 0.25) is 88.6 Å². The number of H-pyrrole nitrogens is 1. The predicted molar refractivity (Wildman–Crippen MR) is 444 cm³/mol. The molecule has 27 N–H and O–H groups in total. The van der Waals surface area contributed by atoms with Crippen molar-refractivity contribution in [1.82, 2.24) is 83.2 Å². The van der Waals surface area contributed by atoms with E-state index in [0.29, 0.717) is 42.7 Å². The molecular formula is C75H120N26O16S2. The first-order chi connectivity index (χ1) is 56.6. The molecule has 0 aliphatic carbocycles. The highest BCUT2D eigenvalue weighted by atomic mass is 32.2. The number of benzene rings is 1. The number of carbonyl (C=O) groups excluding carboxylic acids is 15. The zero-order valence-corrected chi connectivity index (χ0v) is 69.7. The van der Waals surface area contributed by atoms with E-state index >= 15 is 0 Å². The van der Waals surface area contributed by atoms with Crippen molar-refractivity contribution in [2.24, 2.45) is 66.9 Å². The molecule has 0 unspecified atom stereocenters. The molecule has 6 rings (SSSR count). The molecule has 4 aliphatic heterocycles. The number of imidazole rings is 1. The third-order valence-corrected chi connectivity index (χ3v) is 21.5. The van der Waals surface area contributed by atoms with Gasteiger partial charge in [0.15, 0.2) is 17.9 Å². The van der Waals surface area contributed by atoms with Gasteiger partial charge in [-0.2, -0.15) is 24.4 Å². The molecule has 2 aromatic rings. The number of carbonyl (C=O) groups is 15. The highest BCUT2D eigenvalue weighted by Gasteiger charge is 2.45. The maximum Gasteiger partial charge on any atom is 0.246 e. The number of primary amides is 1. The molecule has 4 fully saturated rings. The van der Waals surface area contributed by atoms with Gasteiger partial charge in [-0.1, -0.05) is 58.0 Å². The van der Waals surface area contributed by atoms with E-state index in [0.717, 1.165) is 0 Å². The molecule has 1 aromatic carbocycles. The number of aliphatic imine (C=N–C) groups is 3. The molecule has 0 spiro atoms. The maximum atomic E-state index is 14.8. The molecule has 4 saturated heterocycles. The van der Waals surface area contributed by atoms with Crippen LogP contribution >= 0.6 is 24.4 Å². The minimum Gasteiger partial charge on any atom is -0.394 e. The summed E-state index contributed by atoms with van der Waals surface area (Å²) in [5.41, 5.74) is 40.0. The predicted octanol–water partition coefficient (Wildman–Crippen LogP) is -6.68. The number of nitrogens with one attached hydrogen (secondary N) is 12. The topological polar surface area (TPSA) is 666 Å². The van der Waals surface area contributed by atoms with Crippen LogP contribution in [0.4, 0.5) is 0 Å². The fourth-order valence-electron chi connectivity index (χ4n) is 14.3. The molecule has 42 nitrogen and oxygen atoms in total. The number of rotatable bonds is 48. The van der Waals surface area contributed by atoms with Crippen LogP contribution in [0.5, 0.6) is 0 Å². The molecule has 44 heteroatoms. The van der Waals surface area contributed by atoms with Gasteiger partial charge in [0.05, 0.1) is 12.9 Å². The summed E-state index contributed by atoms with van der Waals surface area (Å²) >= 11 is 5.73. The zero-order chi connectivity index (χ0) is 87.6. The number of aliphatic hydroxyl groups excluding tert-OH is 1. The normalized spacial score (nSPS) is 18.8.